The summed E-state index contributed by atoms with van der Waals surface area (Å²) in [5.41, 5.74) is 3.58. The molecule has 0 aliphatic rings. The maximum atomic E-state index is 4.02. The van der Waals surface area contributed by atoms with E-state index in [-0.39, 0.29) is 0 Å². The molecule has 1 aromatic heterocycles. The molecule has 0 fully saturated rings. The normalized spacial score (nSPS) is 10.2. The quantitative estimate of drug-likeness (QED) is 0.751. The van der Waals surface area contributed by atoms with Gasteiger partial charge in [-0.2, -0.15) is 15.4 Å². The standard InChI is InChI=1S/C10H11N3/c1-8-4-2-3-5-9(8)6-10-7-11-13-12-10/h2-5,7H,6H2,1H3,(H,11,12,13). The van der Waals surface area contributed by atoms with Crippen LogP contribution in [-0.4, -0.2) is 15.4 Å². The molecule has 3 nitrogen and oxygen atoms in total. The largest absolute Gasteiger partial charge is 0.198 e. The molecule has 0 saturated heterocycles. The Bertz CT molecular complexity index is 379. The van der Waals surface area contributed by atoms with Gasteiger partial charge in [-0.25, -0.2) is 0 Å². The van der Waals surface area contributed by atoms with Gasteiger partial charge >= 0.3 is 0 Å². The first-order valence-electron chi connectivity index (χ1n) is 4.25. The van der Waals surface area contributed by atoms with Gasteiger partial charge in [0, 0.05) is 6.42 Å². The first-order chi connectivity index (χ1) is 6.36. The number of hydrogen-bond donors (Lipinski definition) is 1. The van der Waals surface area contributed by atoms with Crippen LogP contribution in [0.2, 0.25) is 0 Å². The summed E-state index contributed by atoms with van der Waals surface area (Å²) in [7, 11) is 0. The van der Waals surface area contributed by atoms with E-state index in [0.717, 1.165) is 12.1 Å². The molecule has 1 aromatic carbocycles. The number of aromatic amines is 1. The zero-order valence-corrected chi connectivity index (χ0v) is 7.49. The zero-order chi connectivity index (χ0) is 9.10. The fourth-order valence-electron chi connectivity index (χ4n) is 1.31. The first-order valence-corrected chi connectivity index (χ1v) is 4.25. The van der Waals surface area contributed by atoms with Gasteiger partial charge in [0.25, 0.3) is 0 Å². The topological polar surface area (TPSA) is 41.6 Å². The lowest BCUT2D eigenvalue weighted by atomic mass is 10.0. The number of nitrogens with one attached hydrogen (secondary N) is 1. The van der Waals surface area contributed by atoms with Crippen LogP contribution in [0.1, 0.15) is 16.8 Å². The molecule has 0 radical (unpaired) electrons. The Morgan fingerprint density at radius 2 is 2.15 bits per heavy atom. The number of hydrogen-bond acceptors (Lipinski definition) is 2. The maximum Gasteiger partial charge on any atom is 0.0868 e. The molecule has 66 valence electrons. The van der Waals surface area contributed by atoms with E-state index in [4.69, 9.17) is 0 Å². The van der Waals surface area contributed by atoms with Crippen molar-refractivity contribution in [1.29, 1.82) is 0 Å². The second-order valence-electron chi connectivity index (χ2n) is 3.06. The molecule has 0 aliphatic carbocycles. The third-order valence-corrected chi connectivity index (χ3v) is 2.10. The monoisotopic (exact) mass is 173 g/mol. The number of rotatable bonds is 2. The number of H-pyrrole nitrogens is 1. The van der Waals surface area contributed by atoms with Crippen molar-refractivity contribution in [3.05, 3.63) is 47.3 Å². The molecule has 13 heavy (non-hydrogen) atoms. The van der Waals surface area contributed by atoms with Crippen LogP contribution < -0.4 is 0 Å². The van der Waals surface area contributed by atoms with E-state index in [1.807, 2.05) is 12.1 Å². The lowest BCUT2D eigenvalue weighted by Crippen LogP contribution is -1.91. The van der Waals surface area contributed by atoms with E-state index in [1.165, 1.54) is 11.1 Å². The molecule has 2 aromatic rings. The number of aryl methyl sites for hydroxylation is 1. The highest BCUT2D eigenvalue weighted by Gasteiger charge is 2.00. The van der Waals surface area contributed by atoms with Gasteiger partial charge in [0.15, 0.2) is 0 Å². The summed E-state index contributed by atoms with van der Waals surface area (Å²) in [4.78, 5) is 0. The van der Waals surface area contributed by atoms with Crippen LogP contribution in [0, 0.1) is 6.92 Å². The minimum Gasteiger partial charge on any atom is -0.198 e. The molecule has 3 heteroatoms. The average molecular weight is 173 g/mol. The maximum absolute atomic E-state index is 4.02. The van der Waals surface area contributed by atoms with E-state index in [9.17, 15) is 0 Å². The van der Waals surface area contributed by atoms with Crippen LogP contribution in [0.4, 0.5) is 0 Å². The number of benzene rings is 1. The van der Waals surface area contributed by atoms with Gasteiger partial charge < -0.3 is 0 Å². The van der Waals surface area contributed by atoms with Crippen LogP contribution in [0.3, 0.4) is 0 Å². The van der Waals surface area contributed by atoms with Gasteiger partial charge in [0.1, 0.15) is 0 Å². The summed E-state index contributed by atoms with van der Waals surface area (Å²) < 4.78 is 0. The van der Waals surface area contributed by atoms with Crippen molar-refractivity contribution in [2.24, 2.45) is 0 Å². The van der Waals surface area contributed by atoms with Gasteiger partial charge in [-0.1, -0.05) is 24.3 Å². The Balaban J connectivity index is 2.24. The van der Waals surface area contributed by atoms with Crippen molar-refractivity contribution in [3.63, 3.8) is 0 Å². The molecule has 1 N–H and O–H groups in total. The Morgan fingerprint density at radius 1 is 1.31 bits per heavy atom. The van der Waals surface area contributed by atoms with Gasteiger partial charge in [0.2, 0.25) is 0 Å². The van der Waals surface area contributed by atoms with E-state index in [1.54, 1.807) is 6.20 Å². The Hall–Kier alpha value is -1.64. The van der Waals surface area contributed by atoms with E-state index in [2.05, 4.69) is 34.5 Å². The number of nitrogens with zero attached hydrogens (tertiary/aromatic N) is 2. The molecule has 2 rings (SSSR count). The molecule has 0 saturated carbocycles. The van der Waals surface area contributed by atoms with Gasteiger partial charge in [-0.3, -0.25) is 0 Å². The molecule has 0 amide bonds. The van der Waals surface area contributed by atoms with Crippen LogP contribution >= 0.6 is 0 Å². The minimum atomic E-state index is 0.850. The molecule has 0 atom stereocenters. The minimum absolute atomic E-state index is 0.850. The highest BCUT2D eigenvalue weighted by molar-refractivity contribution is 5.28. The SMILES string of the molecule is Cc1ccccc1Cc1cn[nH]n1. The molecule has 0 spiro atoms. The lowest BCUT2D eigenvalue weighted by Gasteiger charge is -2.01. The molecular formula is C10H11N3. The molecular weight excluding hydrogens is 162 g/mol. The van der Waals surface area contributed by atoms with Crippen LogP contribution in [0.5, 0.6) is 0 Å². The van der Waals surface area contributed by atoms with E-state index >= 15 is 0 Å². The third-order valence-electron chi connectivity index (χ3n) is 2.10. The Morgan fingerprint density at radius 3 is 2.85 bits per heavy atom. The Labute approximate surface area is 76.8 Å². The van der Waals surface area contributed by atoms with Gasteiger partial charge in [0.05, 0.1) is 11.9 Å². The molecule has 0 unspecified atom stereocenters. The second-order valence-corrected chi connectivity index (χ2v) is 3.06. The van der Waals surface area contributed by atoms with Crippen molar-refractivity contribution in [2.75, 3.05) is 0 Å². The fourth-order valence-corrected chi connectivity index (χ4v) is 1.31. The molecule has 0 aliphatic heterocycles. The van der Waals surface area contributed by atoms with E-state index in [0.29, 0.717) is 0 Å². The zero-order valence-electron chi connectivity index (χ0n) is 7.49. The average Bonchev–Trinajstić information content (AvgIpc) is 2.61. The lowest BCUT2D eigenvalue weighted by molar-refractivity contribution is 0.914. The highest BCUT2D eigenvalue weighted by Crippen LogP contribution is 2.10. The number of aromatic nitrogens is 3. The van der Waals surface area contributed by atoms with Crippen molar-refractivity contribution in [3.8, 4) is 0 Å². The third kappa shape index (κ3) is 1.75. The highest BCUT2D eigenvalue weighted by atomic mass is 15.3. The second kappa shape index (κ2) is 3.39. The van der Waals surface area contributed by atoms with Crippen molar-refractivity contribution in [1.82, 2.24) is 15.4 Å². The summed E-state index contributed by atoms with van der Waals surface area (Å²) >= 11 is 0. The van der Waals surface area contributed by atoms with Gasteiger partial charge in [-0.15, -0.1) is 0 Å². The van der Waals surface area contributed by atoms with Crippen LogP contribution in [-0.2, 0) is 6.42 Å². The van der Waals surface area contributed by atoms with E-state index < -0.39 is 0 Å². The van der Waals surface area contributed by atoms with Crippen molar-refractivity contribution in [2.45, 2.75) is 13.3 Å². The predicted molar refractivity (Wildman–Crippen MR) is 50.4 cm³/mol. The fraction of sp³-hybridized carbons (Fsp3) is 0.200. The molecule has 1 heterocycles. The summed E-state index contributed by atoms with van der Waals surface area (Å²) in [5, 5.41) is 10.4. The van der Waals surface area contributed by atoms with Crippen LogP contribution in [0.25, 0.3) is 0 Å². The van der Waals surface area contributed by atoms with Crippen LogP contribution in [0.15, 0.2) is 30.5 Å². The summed E-state index contributed by atoms with van der Waals surface area (Å²) in [6.45, 7) is 2.11. The predicted octanol–water partition coefficient (Wildman–Crippen LogP) is 1.70. The Kier molecular flexibility index (Phi) is 2.08. The summed E-state index contributed by atoms with van der Waals surface area (Å²) in [6.07, 6.45) is 2.61. The molecule has 0 bridgehead atoms. The van der Waals surface area contributed by atoms with Crippen molar-refractivity contribution >= 4 is 0 Å². The summed E-state index contributed by atoms with van der Waals surface area (Å²) in [6, 6.07) is 8.31. The van der Waals surface area contributed by atoms with Crippen molar-refractivity contribution < 1.29 is 0 Å². The first kappa shape index (κ1) is 7.98. The smallest absolute Gasteiger partial charge is 0.0868 e. The van der Waals surface area contributed by atoms with Gasteiger partial charge in [-0.05, 0) is 18.1 Å². The summed E-state index contributed by atoms with van der Waals surface area (Å²) in [5.74, 6) is 0.